The maximum absolute atomic E-state index is 12.3. The number of hydrogen-bond acceptors (Lipinski definition) is 5. The molecule has 1 atom stereocenters. The average molecular weight is 437 g/mol. The van der Waals surface area contributed by atoms with Crippen molar-refractivity contribution in [1.29, 1.82) is 0 Å². The number of hydrogen-bond donors (Lipinski definition) is 2. The topological polar surface area (TPSA) is 105 Å². The van der Waals surface area contributed by atoms with Crippen molar-refractivity contribution in [2.24, 2.45) is 5.92 Å². The Balaban J connectivity index is 1.39. The van der Waals surface area contributed by atoms with Crippen molar-refractivity contribution < 1.29 is 23.9 Å². The van der Waals surface area contributed by atoms with Crippen molar-refractivity contribution in [3.05, 3.63) is 65.2 Å². The minimum absolute atomic E-state index is 0.0580. The predicted octanol–water partition coefficient (Wildman–Crippen LogP) is 2.59. The van der Waals surface area contributed by atoms with Crippen molar-refractivity contribution in [1.82, 2.24) is 10.2 Å². The van der Waals surface area contributed by atoms with Crippen LogP contribution in [-0.2, 0) is 25.5 Å². The molecule has 2 aromatic rings. The molecule has 0 saturated carbocycles. The summed E-state index contributed by atoms with van der Waals surface area (Å²) < 4.78 is 5.02. The summed E-state index contributed by atoms with van der Waals surface area (Å²) in [5, 5.41) is 4.68. The van der Waals surface area contributed by atoms with Crippen LogP contribution in [0.15, 0.2) is 48.5 Å². The van der Waals surface area contributed by atoms with Gasteiger partial charge in [-0.3, -0.25) is 19.7 Å². The van der Waals surface area contributed by atoms with E-state index in [9.17, 15) is 19.2 Å². The van der Waals surface area contributed by atoms with Gasteiger partial charge < -0.3 is 15.0 Å². The molecule has 0 spiro atoms. The minimum atomic E-state index is -0.745. The van der Waals surface area contributed by atoms with Crippen LogP contribution in [0, 0.1) is 19.8 Å². The molecule has 1 heterocycles. The Morgan fingerprint density at radius 2 is 1.81 bits per heavy atom. The number of benzene rings is 2. The highest BCUT2D eigenvalue weighted by Gasteiger charge is 2.35. The van der Waals surface area contributed by atoms with Gasteiger partial charge in [0.1, 0.15) is 0 Å². The summed E-state index contributed by atoms with van der Waals surface area (Å²) in [7, 11) is 0. The number of imide groups is 1. The highest BCUT2D eigenvalue weighted by molar-refractivity contribution is 6.02. The summed E-state index contributed by atoms with van der Waals surface area (Å²) in [6, 6.07) is 14.5. The fourth-order valence-electron chi connectivity index (χ4n) is 3.45. The van der Waals surface area contributed by atoms with Crippen LogP contribution in [0.5, 0.6) is 0 Å². The number of anilines is 1. The maximum atomic E-state index is 12.3. The zero-order valence-electron chi connectivity index (χ0n) is 18.2. The van der Waals surface area contributed by atoms with Crippen LogP contribution in [0.4, 0.5) is 10.5 Å². The molecule has 0 radical (unpaired) electrons. The molecule has 168 valence electrons. The molecular weight excluding hydrogens is 410 g/mol. The SMILES string of the molecule is Cc1ccc(NC(=O)NC(=O)COC(=O)C2CC(=O)N(CCc3ccccc3)C2)cc1C. The van der Waals surface area contributed by atoms with Gasteiger partial charge in [0.15, 0.2) is 6.61 Å². The van der Waals surface area contributed by atoms with Gasteiger partial charge in [0.05, 0.1) is 5.92 Å². The Kier molecular flexibility index (Phi) is 7.59. The minimum Gasteiger partial charge on any atom is -0.455 e. The van der Waals surface area contributed by atoms with Gasteiger partial charge >= 0.3 is 12.0 Å². The second kappa shape index (κ2) is 10.6. The standard InChI is InChI=1S/C24H27N3O5/c1-16-8-9-20(12-17(16)2)25-24(31)26-21(28)15-32-23(30)19-13-22(29)27(14-19)11-10-18-6-4-3-5-7-18/h3-9,12,19H,10-11,13-15H2,1-2H3,(H2,25,26,28,31). The Morgan fingerprint density at radius 1 is 1.06 bits per heavy atom. The van der Waals surface area contributed by atoms with Gasteiger partial charge in [-0.25, -0.2) is 4.79 Å². The van der Waals surface area contributed by atoms with E-state index in [2.05, 4.69) is 10.6 Å². The lowest BCUT2D eigenvalue weighted by Crippen LogP contribution is -2.38. The van der Waals surface area contributed by atoms with Gasteiger partial charge in [-0.1, -0.05) is 36.4 Å². The zero-order chi connectivity index (χ0) is 23.1. The summed E-state index contributed by atoms with van der Waals surface area (Å²) in [5.74, 6) is -2.09. The van der Waals surface area contributed by atoms with Gasteiger partial charge in [0, 0.05) is 25.2 Å². The number of esters is 1. The van der Waals surface area contributed by atoms with Gasteiger partial charge in [-0.15, -0.1) is 0 Å². The van der Waals surface area contributed by atoms with Crippen LogP contribution >= 0.6 is 0 Å². The number of carbonyl (C=O) groups excluding carboxylic acids is 4. The fraction of sp³-hybridized carbons (Fsp3) is 0.333. The molecule has 0 aromatic heterocycles. The van der Waals surface area contributed by atoms with E-state index in [-0.39, 0.29) is 18.9 Å². The van der Waals surface area contributed by atoms with Gasteiger partial charge in [-0.05, 0) is 49.1 Å². The van der Waals surface area contributed by atoms with Crippen LogP contribution in [-0.4, -0.2) is 48.4 Å². The summed E-state index contributed by atoms with van der Waals surface area (Å²) in [6.07, 6.45) is 0.759. The Bertz CT molecular complexity index is 1010. The monoisotopic (exact) mass is 437 g/mol. The maximum Gasteiger partial charge on any atom is 0.325 e. The number of nitrogens with zero attached hydrogens (tertiary/aromatic N) is 1. The smallest absolute Gasteiger partial charge is 0.325 e. The molecule has 1 fully saturated rings. The van der Waals surface area contributed by atoms with Crippen LogP contribution < -0.4 is 10.6 Å². The molecule has 0 aliphatic carbocycles. The Morgan fingerprint density at radius 3 is 2.53 bits per heavy atom. The number of nitrogens with one attached hydrogen (secondary N) is 2. The molecule has 32 heavy (non-hydrogen) atoms. The molecule has 1 aliphatic rings. The van der Waals surface area contributed by atoms with Crippen molar-refractivity contribution >= 4 is 29.5 Å². The van der Waals surface area contributed by atoms with E-state index < -0.39 is 30.4 Å². The third-order valence-electron chi connectivity index (χ3n) is 5.42. The van der Waals surface area contributed by atoms with E-state index in [1.165, 1.54) is 0 Å². The number of carbonyl (C=O) groups is 4. The molecule has 1 aliphatic heterocycles. The summed E-state index contributed by atoms with van der Waals surface area (Å²) in [4.78, 5) is 50.0. The summed E-state index contributed by atoms with van der Waals surface area (Å²) in [6.45, 7) is 4.07. The fourth-order valence-corrected chi connectivity index (χ4v) is 3.45. The van der Waals surface area contributed by atoms with Gasteiger partial charge in [0.2, 0.25) is 5.91 Å². The van der Waals surface area contributed by atoms with E-state index in [0.717, 1.165) is 16.7 Å². The summed E-state index contributed by atoms with van der Waals surface area (Å²) >= 11 is 0. The van der Waals surface area contributed by atoms with Gasteiger partial charge in [-0.2, -0.15) is 0 Å². The van der Waals surface area contributed by atoms with E-state index in [1.54, 1.807) is 17.0 Å². The molecule has 4 amide bonds. The van der Waals surface area contributed by atoms with Crippen molar-refractivity contribution in [3.8, 4) is 0 Å². The number of aryl methyl sites for hydroxylation is 2. The van der Waals surface area contributed by atoms with Crippen LogP contribution in [0.25, 0.3) is 0 Å². The number of amides is 4. The first-order valence-electron chi connectivity index (χ1n) is 10.5. The third-order valence-corrected chi connectivity index (χ3v) is 5.42. The lowest BCUT2D eigenvalue weighted by molar-refractivity contribution is -0.152. The number of ether oxygens (including phenoxy) is 1. The first-order valence-corrected chi connectivity index (χ1v) is 10.5. The van der Waals surface area contributed by atoms with Gasteiger partial charge in [0.25, 0.3) is 5.91 Å². The van der Waals surface area contributed by atoms with Crippen LogP contribution in [0.2, 0.25) is 0 Å². The lowest BCUT2D eigenvalue weighted by atomic mass is 10.1. The molecule has 2 aromatic carbocycles. The molecule has 3 rings (SSSR count). The van der Waals surface area contributed by atoms with Crippen LogP contribution in [0.1, 0.15) is 23.1 Å². The lowest BCUT2D eigenvalue weighted by Gasteiger charge is -2.16. The summed E-state index contributed by atoms with van der Waals surface area (Å²) in [5.41, 5.74) is 3.76. The first-order chi connectivity index (χ1) is 15.3. The molecule has 2 N–H and O–H groups in total. The molecule has 8 nitrogen and oxygen atoms in total. The number of rotatable bonds is 7. The highest BCUT2D eigenvalue weighted by atomic mass is 16.5. The second-order valence-corrected chi connectivity index (χ2v) is 7.89. The van der Waals surface area contributed by atoms with Crippen molar-refractivity contribution in [2.75, 3.05) is 25.0 Å². The molecule has 8 heteroatoms. The third kappa shape index (κ3) is 6.41. The van der Waals surface area contributed by atoms with E-state index in [1.807, 2.05) is 50.2 Å². The average Bonchev–Trinajstić information content (AvgIpc) is 3.14. The van der Waals surface area contributed by atoms with Crippen molar-refractivity contribution in [3.63, 3.8) is 0 Å². The zero-order valence-corrected chi connectivity index (χ0v) is 18.2. The largest absolute Gasteiger partial charge is 0.455 e. The molecule has 1 unspecified atom stereocenters. The van der Waals surface area contributed by atoms with E-state index in [4.69, 9.17) is 4.74 Å². The van der Waals surface area contributed by atoms with Crippen LogP contribution in [0.3, 0.4) is 0 Å². The normalized spacial score (nSPS) is 15.4. The van der Waals surface area contributed by atoms with E-state index in [0.29, 0.717) is 18.7 Å². The number of likely N-dealkylation sites (tertiary alicyclic amines) is 1. The highest BCUT2D eigenvalue weighted by Crippen LogP contribution is 2.20. The Hall–Kier alpha value is -3.68. The second-order valence-electron chi connectivity index (χ2n) is 7.89. The first kappa shape index (κ1) is 23.0. The van der Waals surface area contributed by atoms with Crippen molar-refractivity contribution in [2.45, 2.75) is 26.7 Å². The quantitative estimate of drug-likeness (QED) is 0.648. The van der Waals surface area contributed by atoms with E-state index >= 15 is 0 Å². The number of urea groups is 1. The molecular formula is C24H27N3O5. The molecule has 0 bridgehead atoms. The molecule has 1 saturated heterocycles. The Labute approximate surface area is 186 Å². The predicted molar refractivity (Wildman–Crippen MR) is 119 cm³/mol.